The summed E-state index contributed by atoms with van der Waals surface area (Å²) in [7, 11) is 1.35. The first-order valence-electron chi connectivity index (χ1n) is 22.0. The SMILES string of the molecule is CCCCC[C@H](C)CCC/C(C)=C/COC(=O)CC[C@@H]1C2[N-]/C(=C\C3=C(C)[C@@H](CC)/C(=C/c4[n-]c(c(CC)c4C)/C=c4\[n-]c5c(c4C)[C@H](O)[C@H](C(=O)OC)C=52)[N-]3)[C@H]1C.[Mg+2]. The van der Waals surface area contributed by atoms with Crippen molar-refractivity contribution in [2.75, 3.05) is 13.7 Å². The molecule has 0 radical (unpaired) electrons. The number of nitrogens with zero attached hydrogens (tertiary/aromatic N) is 4. The molecular formula is C49H66MgN4O5-2. The second kappa shape index (κ2) is 20.4. The number of hydrogen-bond donors (Lipinski definition) is 1. The van der Waals surface area contributed by atoms with Gasteiger partial charge in [0.2, 0.25) is 0 Å². The van der Waals surface area contributed by atoms with Gasteiger partial charge in [-0.3, -0.25) is 9.59 Å². The van der Waals surface area contributed by atoms with Crippen LogP contribution in [0.2, 0.25) is 0 Å². The zero-order valence-electron chi connectivity index (χ0n) is 37.4. The summed E-state index contributed by atoms with van der Waals surface area (Å²) in [5.41, 5.74) is 11.3. The van der Waals surface area contributed by atoms with E-state index in [1.54, 1.807) is 0 Å². The van der Waals surface area contributed by atoms with Crippen molar-refractivity contribution < 1.29 is 24.2 Å². The molecule has 0 saturated carbocycles. The number of carbonyl (C=O) groups is 2. The number of aliphatic hydroxyl groups excluding tert-OH is 1. The summed E-state index contributed by atoms with van der Waals surface area (Å²) < 4.78 is 11.1. The first kappa shape index (κ1) is 46.6. The van der Waals surface area contributed by atoms with Gasteiger partial charge in [-0.15, -0.1) is 27.8 Å². The number of esters is 2. The maximum atomic E-state index is 13.6. The Kier molecular flexibility index (Phi) is 16.1. The smallest absolute Gasteiger partial charge is 0.681 e. The van der Waals surface area contributed by atoms with E-state index in [-0.39, 0.29) is 59.8 Å². The van der Waals surface area contributed by atoms with E-state index >= 15 is 0 Å². The summed E-state index contributed by atoms with van der Waals surface area (Å²) in [6.45, 7) is 19.7. The van der Waals surface area contributed by atoms with Crippen LogP contribution < -0.4 is 20.7 Å². The van der Waals surface area contributed by atoms with Gasteiger partial charge in [0, 0.05) is 6.42 Å². The third-order valence-corrected chi connectivity index (χ3v) is 13.5. The van der Waals surface area contributed by atoms with Gasteiger partial charge in [-0.1, -0.05) is 124 Å². The fourth-order valence-electron chi connectivity index (χ4n) is 9.83. The molecule has 3 aliphatic heterocycles. The van der Waals surface area contributed by atoms with Crippen molar-refractivity contribution in [1.29, 1.82) is 0 Å². The number of unbranched alkanes of at least 4 members (excludes halogenated alkanes) is 2. The molecule has 4 aliphatic rings. The average molecular weight is 815 g/mol. The zero-order valence-corrected chi connectivity index (χ0v) is 38.8. The molecule has 1 fully saturated rings. The molecule has 1 saturated heterocycles. The zero-order chi connectivity index (χ0) is 41.8. The van der Waals surface area contributed by atoms with E-state index in [1.807, 2.05) is 19.1 Å². The Hall–Kier alpha value is -3.47. The van der Waals surface area contributed by atoms with Crippen molar-refractivity contribution >= 4 is 52.7 Å². The minimum absolute atomic E-state index is 0. The van der Waals surface area contributed by atoms with E-state index in [4.69, 9.17) is 30.1 Å². The van der Waals surface area contributed by atoms with Gasteiger partial charge in [0.1, 0.15) is 12.5 Å². The van der Waals surface area contributed by atoms with Crippen LogP contribution in [0, 0.1) is 43.4 Å². The molecular weight excluding hydrogens is 749 g/mol. The first-order chi connectivity index (χ1) is 27.8. The van der Waals surface area contributed by atoms with Gasteiger partial charge in [0.25, 0.3) is 0 Å². The van der Waals surface area contributed by atoms with Gasteiger partial charge in [-0.25, -0.2) is 0 Å². The average Bonchev–Trinajstić information content (AvgIpc) is 3.94. The Bertz CT molecular complexity index is 2120. The molecule has 6 rings (SSSR count). The van der Waals surface area contributed by atoms with Crippen LogP contribution in [0.4, 0.5) is 0 Å². The number of fused-ring (bicyclic) bond motifs is 8. The molecule has 0 amide bonds. The topological polar surface area (TPSA) is 129 Å². The maximum absolute atomic E-state index is 13.6. The van der Waals surface area contributed by atoms with Crippen LogP contribution in [0.1, 0.15) is 152 Å². The van der Waals surface area contributed by atoms with Gasteiger partial charge in [0.15, 0.2) is 0 Å². The minimum atomic E-state index is -1.14. The molecule has 1 aliphatic carbocycles. The van der Waals surface area contributed by atoms with Crippen LogP contribution in [-0.2, 0) is 25.5 Å². The van der Waals surface area contributed by atoms with Crippen molar-refractivity contribution in [3.63, 3.8) is 0 Å². The van der Waals surface area contributed by atoms with Gasteiger partial charge in [-0.05, 0) is 95.1 Å². The second-order valence-electron chi connectivity index (χ2n) is 17.3. The summed E-state index contributed by atoms with van der Waals surface area (Å²) in [5.74, 6) is -1.10. The van der Waals surface area contributed by atoms with Crippen LogP contribution in [-0.4, -0.2) is 59.9 Å². The third kappa shape index (κ3) is 9.70. The Morgan fingerprint density at radius 2 is 1.69 bits per heavy atom. The second-order valence-corrected chi connectivity index (χ2v) is 17.3. The molecule has 316 valence electrons. The molecule has 5 heterocycles. The molecule has 10 heteroatoms. The summed E-state index contributed by atoms with van der Waals surface area (Å²) in [4.78, 5) is 37.3. The third-order valence-electron chi connectivity index (χ3n) is 13.5. The summed E-state index contributed by atoms with van der Waals surface area (Å²) in [6.07, 6.45) is 18.1. The van der Waals surface area contributed by atoms with Crippen LogP contribution in [0.5, 0.6) is 0 Å². The van der Waals surface area contributed by atoms with Gasteiger partial charge in [0.05, 0.1) is 13.2 Å². The van der Waals surface area contributed by atoms with E-state index in [0.29, 0.717) is 28.3 Å². The first-order valence-corrected chi connectivity index (χ1v) is 22.0. The monoisotopic (exact) mass is 814 g/mol. The van der Waals surface area contributed by atoms with E-state index in [9.17, 15) is 14.7 Å². The predicted octanol–water partition coefficient (Wildman–Crippen LogP) is 8.81. The Morgan fingerprint density at radius 3 is 2.39 bits per heavy atom. The van der Waals surface area contributed by atoms with Gasteiger partial charge < -0.3 is 35.2 Å². The number of aliphatic hydroxyl groups is 1. The summed E-state index contributed by atoms with van der Waals surface area (Å²) in [5, 5.41) is 23.9. The molecule has 1 unspecified atom stereocenters. The maximum Gasteiger partial charge on any atom is 2.00 e. The Labute approximate surface area is 368 Å². The van der Waals surface area contributed by atoms with Crippen LogP contribution in [0.25, 0.3) is 28.4 Å². The predicted molar refractivity (Wildman–Crippen MR) is 238 cm³/mol. The van der Waals surface area contributed by atoms with Crippen LogP contribution in [0.3, 0.4) is 0 Å². The number of allylic oxidation sites excluding steroid dienone is 4. The van der Waals surface area contributed by atoms with Crippen molar-refractivity contribution in [2.45, 2.75) is 145 Å². The fourth-order valence-corrected chi connectivity index (χ4v) is 9.83. The molecule has 59 heavy (non-hydrogen) atoms. The van der Waals surface area contributed by atoms with Crippen molar-refractivity contribution in [1.82, 2.24) is 9.97 Å². The van der Waals surface area contributed by atoms with Crippen LogP contribution >= 0.6 is 0 Å². The molecule has 9 nitrogen and oxygen atoms in total. The van der Waals surface area contributed by atoms with Crippen molar-refractivity contribution in [3.05, 3.63) is 95.4 Å². The summed E-state index contributed by atoms with van der Waals surface area (Å²) >= 11 is 0. The van der Waals surface area contributed by atoms with Crippen LogP contribution in [0.15, 0.2) is 40.4 Å². The van der Waals surface area contributed by atoms with E-state index in [0.717, 1.165) is 76.8 Å². The number of hydrogen-bond acceptors (Lipinski definition) is 5. The fraction of sp³-hybridized carbons (Fsp3) is 0.592. The molecule has 0 aromatic carbocycles. The quantitative estimate of drug-likeness (QED) is 0.0777. The van der Waals surface area contributed by atoms with E-state index in [2.05, 4.69) is 67.5 Å². The van der Waals surface area contributed by atoms with Crippen molar-refractivity contribution in [3.8, 4) is 0 Å². The molecule has 2 aromatic heterocycles. The number of methoxy groups -OCH3 is 1. The normalized spacial score (nSPS) is 26.2. The van der Waals surface area contributed by atoms with Gasteiger partial charge in [-0.2, -0.15) is 11.4 Å². The molecule has 7 atom stereocenters. The van der Waals surface area contributed by atoms with E-state index in [1.165, 1.54) is 50.4 Å². The molecule has 8 bridgehead atoms. The van der Waals surface area contributed by atoms with Gasteiger partial charge >= 0.3 is 35.0 Å². The van der Waals surface area contributed by atoms with Crippen molar-refractivity contribution in [2.24, 2.45) is 29.6 Å². The number of carbonyl (C=O) groups excluding carboxylic acids is 2. The molecule has 0 spiro atoms. The van der Waals surface area contributed by atoms with E-state index < -0.39 is 24.0 Å². The number of rotatable bonds is 16. The summed E-state index contributed by atoms with van der Waals surface area (Å²) in [6, 6.07) is -0.521. The number of aromatic nitrogens is 2. The molecule has 2 aromatic rings. The molecule has 1 N–H and O–H groups in total. The largest absolute Gasteiger partial charge is 2.00 e. The Morgan fingerprint density at radius 1 is 0.949 bits per heavy atom. The number of ether oxygens (including phenoxy) is 2. The minimum Gasteiger partial charge on any atom is -0.681 e. The Balaban J connectivity index is 0.00000661. The standard InChI is InChI=1S/C49H66N4O5.Mg/c1-11-14-15-17-27(4)18-16-19-28(5)22-23-58-42(54)21-20-35-31(8)38-24-36-29(6)33(12-2)40(50-36)25-37-30(7)34(13-3)41(51-37)26-39-32(9)43-47(53-39)44(46(35)52-38)45(48(43)55)49(56)57-10;/h22,24-27,31,33,35,45-46,48,55H,11-21,23H2,1-10H3;/q-4;+2/b28-22+,38-24-,39-26-,40-25-;/t27-,31-,33+,35-,45+,46?,48-;/m0./s1.